The molecule has 1 fully saturated rings. The Hall–Kier alpha value is -1.09. The second-order valence-corrected chi connectivity index (χ2v) is 3.82. The molecule has 4 heteroatoms. The van der Waals surface area contributed by atoms with E-state index < -0.39 is 0 Å². The molecule has 74 valence electrons. The van der Waals surface area contributed by atoms with Crippen molar-refractivity contribution in [3.05, 3.63) is 23.5 Å². The van der Waals surface area contributed by atoms with E-state index >= 15 is 0 Å². The zero-order valence-corrected chi connectivity index (χ0v) is 8.33. The third-order valence-corrected chi connectivity index (χ3v) is 2.54. The number of halogens is 1. The van der Waals surface area contributed by atoms with Crippen LogP contribution in [0.3, 0.4) is 0 Å². The van der Waals surface area contributed by atoms with Crippen LogP contribution in [-0.2, 0) is 4.79 Å². The van der Waals surface area contributed by atoms with Crippen LogP contribution in [0.1, 0.15) is 19.3 Å². The Labute approximate surface area is 87.0 Å². The van der Waals surface area contributed by atoms with E-state index in [2.05, 4.69) is 4.98 Å². The Kier molecular flexibility index (Phi) is 2.68. The standard InChI is InChI=1S/C10H10ClNO2/c11-8-4-9(6-12-5-8)14-10(13)7-2-1-3-7/h4-7H,1-3H2. The van der Waals surface area contributed by atoms with Gasteiger partial charge in [0.1, 0.15) is 0 Å². The Morgan fingerprint density at radius 1 is 1.50 bits per heavy atom. The SMILES string of the molecule is O=C(Oc1cncc(Cl)c1)C1CCC1. The fourth-order valence-electron chi connectivity index (χ4n) is 1.29. The average molecular weight is 212 g/mol. The van der Waals surface area contributed by atoms with Gasteiger partial charge in [0.2, 0.25) is 0 Å². The molecular formula is C10H10ClNO2. The molecule has 1 aliphatic rings. The van der Waals surface area contributed by atoms with E-state index in [1.165, 1.54) is 12.4 Å². The molecular weight excluding hydrogens is 202 g/mol. The van der Waals surface area contributed by atoms with Gasteiger partial charge in [-0.25, -0.2) is 0 Å². The summed E-state index contributed by atoms with van der Waals surface area (Å²) in [5.41, 5.74) is 0. The maximum Gasteiger partial charge on any atom is 0.314 e. The van der Waals surface area contributed by atoms with Gasteiger partial charge in [-0.15, -0.1) is 0 Å². The number of nitrogens with zero attached hydrogens (tertiary/aromatic N) is 1. The third kappa shape index (κ3) is 2.04. The number of esters is 1. The molecule has 0 spiro atoms. The van der Waals surface area contributed by atoms with Gasteiger partial charge in [0.25, 0.3) is 0 Å². The zero-order chi connectivity index (χ0) is 9.97. The van der Waals surface area contributed by atoms with E-state index in [4.69, 9.17) is 16.3 Å². The average Bonchev–Trinajstić information content (AvgIpc) is 1.99. The first-order chi connectivity index (χ1) is 6.75. The van der Waals surface area contributed by atoms with Crippen molar-refractivity contribution in [2.45, 2.75) is 19.3 Å². The molecule has 3 nitrogen and oxygen atoms in total. The molecule has 0 radical (unpaired) electrons. The van der Waals surface area contributed by atoms with Crippen molar-refractivity contribution in [2.75, 3.05) is 0 Å². The van der Waals surface area contributed by atoms with Gasteiger partial charge < -0.3 is 4.74 Å². The molecule has 1 aliphatic carbocycles. The van der Waals surface area contributed by atoms with Gasteiger partial charge in [-0.3, -0.25) is 9.78 Å². The van der Waals surface area contributed by atoms with Crippen molar-refractivity contribution < 1.29 is 9.53 Å². The zero-order valence-electron chi connectivity index (χ0n) is 7.57. The second-order valence-electron chi connectivity index (χ2n) is 3.39. The predicted molar refractivity (Wildman–Crippen MR) is 52.2 cm³/mol. The molecule has 0 atom stereocenters. The summed E-state index contributed by atoms with van der Waals surface area (Å²) in [6.07, 6.45) is 5.98. The van der Waals surface area contributed by atoms with Crippen molar-refractivity contribution in [1.29, 1.82) is 0 Å². The van der Waals surface area contributed by atoms with Gasteiger partial charge in [-0.1, -0.05) is 18.0 Å². The highest BCUT2D eigenvalue weighted by molar-refractivity contribution is 6.30. The summed E-state index contributed by atoms with van der Waals surface area (Å²) in [6.45, 7) is 0. The largest absolute Gasteiger partial charge is 0.425 e. The third-order valence-electron chi connectivity index (χ3n) is 2.34. The normalized spacial score (nSPS) is 16.1. The van der Waals surface area contributed by atoms with E-state index in [0.717, 1.165) is 19.3 Å². The molecule has 0 aromatic carbocycles. The Balaban J connectivity index is 1.99. The van der Waals surface area contributed by atoms with Crippen molar-refractivity contribution in [1.82, 2.24) is 4.98 Å². The lowest BCUT2D eigenvalue weighted by atomic mass is 9.86. The highest BCUT2D eigenvalue weighted by Crippen LogP contribution is 2.28. The lowest BCUT2D eigenvalue weighted by Crippen LogP contribution is -2.26. The fourth-order valence-corrected chi connectivity index (χ4v) is 1.46. The summed E-state index contributed by atoms with van der Waals surface area (Å²) >= 11 is 5.70. The summed E-state index contributed by atoms with van der Waals surface area (Å²) in [7, 11) is 0. The molecule has 1 aromatic heterocycles. The topological polar surface area (TPSA) is 39.2 Å². The van der Waals surface area contributed by atoms with Crippen LogP contribution >= 0.6 is 11.6 Å². The van der Waals surface area contributed by atoms with Gasteiger partial charge in [0, 0.05) is 12.3 Å². The second kappa shape index (κ2) is 3.96. The molecule has 0 N–H and O–H groups in total. The van der Waals surface area contributed by atoms with Gasteiger partial charge in [0.15, 0.2) is 5.75 Å². The van der Waals surface area contributed by atoms with Crippen LogP contribution in [0.5, 0.6) is 5.75 Å². The van der Waals surface area contributed by atoms with Crippen LogP contribution in [0, 0.1) is 5.92 Å². The minimum Gasteiger partial charge on any atom is -0.425 e. The lowest BCUT2D eigenvalue weighted by Gasteiger charge is -2.22. The first kappa shape index (κ1) is 9.46. The molecule has 14 heavy (non-hydrogen) atoms. The Morgan fingerprint density at radius 3 is 2.86 bits per heavy atom. The number of hydrogen-bond donors (Lipinski definition) is 0. The molecule has 0 aliphatic heterocycles. The van der Waals surface area contributed by atoms with Crippen LogP contribution in [0.15, 0.2) is 18.5 Å². The van der Waals surface area contributed by atoms with E-state index in [1.54, 1.807) is 6.07 Å². The van der Waals surface area contributed by atoms with Crippen molar-refractivity contribution in [3.63, 3.8) is 0 Å². The molecule has 1 heterocycles. The molecule has 0 bridgehead atoms. The summed E-state index contributed by atoms with van der Waals surface area (Å²) < 4.78 is 5.11. The molecule has 1 aromatic rings. The van der Waals surface area contributed by atoms with E-state index in [-0.39, 0.29) is 11.9 Å². The quantitative estimate of drug-likeness (QED) is 0.706. The number of hydrogen-bond acceptors (Lipinski definition) is 3. The first-order valence-electron chi connectivity index (χ1n) is 4.58. The van der Waals surface area contributed by atoms with E-state index in [1.807, 2.05) is 0 Å². The van der Waals surface area contributed by atoms with Crippen molar-refractivity contribution in [2.24, 2.45) is 5.92 Å². The van der Waals surface area contributed by atoms with Crippen LogP contribution in [0.2, 0.25) is 5.02 Å². The van der Waals surface area contributed by atoms with Crippen LogP contribution in [0.4, 0.5) is 0 Å². The monoisotopic (exact) mass is 211 g/mol. The van der Waals surface area contributed by atoms with Gasteiger partial charge in [-0.05, 0) is 12.8 Å². The maximum atomic E-state index is 11.4. The number of ether oxygens (including phenoxy) is 1. The fraction of sp³-hybridized carbons (Fsp3) is 0.400. The van der Waals surface area contributed by atoms with E-state index in [9.17, 15) is 4.79 Å². The van der Waals surface area contributed by atoms with E-state index in [0.29, 0.717) is 10.8 Å². The smallest absolute Gasteiger partial charge is 0.314 e. The molecule has 2 rings (SSSR count). The van der Waals surface area contributed by atoms with Crippen LogP contribution < -0.4 is 4.74 Å². The Morgan fingerprint density at radius 2 is 2.29 bits per heavy atom. The number of rotatable bonds is 2. The van der Waals surface area contributed by atoms with Crippen LogP contribution in [0.25, 0.3) is 0 Å². The minimum atomic E-state index is -0.166. The maximum absolute atomic E-state index is 11.4. The van der Waals surface area contributed by atoms with Crippen molar-refractivity contribution >= 4 is 17.6 Å². The van der Waals surface area contributed by atoms with Crippen molar-refractivity contribution in [3.8, 4) is 5.75 Å². The van der Waals surface area contributed by atoms with Crippen LogP contribution in [-0.4, -0.2) is 11.0 Å². The molecule has 1 saturated carbocycles. The summed E-state index contributed by atoms with van der Waals surface area (Å²) in [5, 5.41) is 0.476. The van der Waals surface area contributed by atoms with Gasteiger partial charge >= 0.3 is 5.97 Å². The number of pyridine rings is 1. The Bertz CT molecular complexity index is 350. The highest BCUT2D eigenvalue weighted by atomic mass is 35.5. The molecule has 0 saturated heterocycles. The summed E-state index contributed by atoms with van der Waals surface area (Å²) in [6, 6.07) is 1.59. The lowest BCUT2D eigenvalue weighted by molar-refractivity contribution is -0.141. The first-order valence-corrected chi connectivity index (χ1v) is 4.96. The predicted octanol–water partition coefficient (Wildman–Crippen LogP) is 2.44. The van der Waals surface area contributed by atoms with Gasteiger partial charge in [-0.2, -0.15) is 0 Å². The molecule has 0 unspecified atom stereocenters. The van der Waals surface area contributed by atoms with Gasteiger partial charge in [0.05, 0.1) is 17.1 Å². The highest BCUT2D eigenvalue weighted by Gasteiger charge is 2.27. The number of carbonyl (C=O) groups is 1. The molecule has 0 amide bonds. The number of carbonyl (C=O) groups excluding carboxylic acids is 1. The summed E-state index contributed by atoms with van der Waals surface area (Å²) in [4.78, 5) is 15.2. The number of aromatic nitrogens is 1. The summed E-state index contributed by atoms with van der Waals surface area (Å²) in [5.74, 6) is 0.337. The minimum absolute atomic E-state index is 0.0778.